The second-order valence-electron chi connectivity index (χ2n) is 7.91. The first-order valence-electron chi connectivity index (χ1n) is 9.64. The summed E-state index contributed by atoms with van der Waals surface area (Å²) in [6.45, 7) is 1.88. The molecule has 2 unspecified atom stereocenters. The molecule has 2 fully saturated rings. The molecule has 4 nitrogen and oxygen atoms in total. The summed E-state index contributed by atoms with van der Waals surface area (Å²) in [6.07, 6.45) is 0.969. The van der Waals surface area contributed by atoms with Crippen LogP contribution < -0.4 is 0 Å². The summed E-state index contributed by atoms with van der Waals surface area (Å²) in [7, 11) is 0. The van der Waals surface area contributed by atoms with Gasteiger partial charge < -0.3 is 5.11 Å². The van der Waals surface area contributed by atoms with Gasteiger partial charge in [0.15, 0.2) is 0 Å². The third-order valence-electron chi connectivity index (χ3n) is 6.47. The number of carboxylic acid groups (broad SMARTS) is 1. The number of fused-ring (bicyclic) bond motifs is 1. The molecule has 0 bridgehead atoms. The number of hydrogen-bond donors (Lipinski definition) is 1. The summed E-state index contributed by atoms with van der Waals surface area (Å²) in [5, 5.41) is 9.73. The molecule has 1 saturated heterocycles. The van der Waals surface area contributed by atoms with Crippen LogP contribution in [0.5, 0.6) is 0 Å². The predicted molar refractivity (Wildman–Crippen MR) is 117 cm³/mol. The monoisotopic (exact) mass is 469 g/mol. The molecule has 1 N–H and O–H groups in total. The van der Waals surface area contributed by atoms with Gasteiger partial charge in [0, 0.05) is 10.7 Å². The summed E-state index contributed by atoms with van der Waals surface area (Å²) < 4.78 is 0. The molecule has 2 heterocycles. The van der Waals surface area contributed by atoms with Crippen molar-refractivity contribution in [3.8, 4) is 0 Å². The molecule has 2 aromatic rings. The van der Waals surface area contributed by atoms with Crippen molar-refractivity contribution in [2.24, 2.45) is 5.92 Å². The molecule has 2 aliphatic heterocycles. The van der Waals surface area contributed by atoms with E-state index in [1.54, 1.807) is 11.8 Å². The van der Waals surface area contributed by atoms with Crippen molar-refractivity contribution in [2.45, 2.75) is 34.2 Å². The highest BCUT2D eigenvalue weighted by atomic mass is 79.9. The van der Waals surface area contributed by atoms with Crippen molar-refractivity contribution in [2.75, 3.05) is 0 Å². The lowest BCUT2D eigenvalue weighted by Crippen LogP contribution is -2.63. The molecule has 29 heavy (non-hydrogen) atoms. The van der Waals surface area contributed by atoms with E-state index < -0.39 is 5.97 Å². The zero-order valence-corrected chi connectivity index (χ0v) is 18.2. The van der Waals surface area contributed by atoms with Crippen molar-refractivity contribution >= 4 is 39.6 Å². The number of aliphatic carboxylic acids is 1. The van der Waals surface area contributed by atoms with Crippen LogP contribution in [-0.4, -0.2) is 37.3 Å². The zero-order chi connectivity index (χ0) is 20.3. The highest BCUT2D eigenvalue weighted by Crippen LogP contribution is 2.65. The molecule has 3 aliphatic rings. The summed E-state index contributed by atoms with van der Waals surface area (Å²) in [4.78, 5) is 25.4. The minimum Gasteiger partial charge on any atom is -0.477 e. The Hall–Kier alpha value is -2.05. The Balaban J connectivity index is 1.60. The first kappa shape index (κ1) is 18.9. The highest BCUT2D eigenvalue weighted by Gasteiger charge is 2.64. The molecular formula is C23H20BrNO3S. The summed E-state index contributed by atoms with van der Waals surface area (Å²) in [5.41, 5.74) is 3.38. The molecule has 1 aliphatic carbocycles. The Morgan fingerprint density at radius 3 is 2.17 bits per heavy atom. The van der Waals surface area contributed by atoms with E-state index in [-0.39, 0.29) is 38.4 Å². The fourth-order valence-electron chi connectivity index (χ4n) is 5.00. The maximum absolute atomic E-state index is 12.3. The number of amides is 1. The van der Waals surface area contributed by atoms with Crippen molar-refractivity contribution in [1.82, 2.24) is 4.90 Å². The number of nitrogens with zero attached hydrogens (tertiary/aromatic N) is 1. The standard InChI is InChI=1S/C23H20BrNO3S/c1-13-18(22(27)28)25-20(26)17(24)21(25)29-19(13)16-12-23(16,14-8-4-2-5-9-14)15-10-6-3-7-11-15/h2-11,16-17,19,21H,12H2,1H3,(H,27,28)/t16?,17-,19?,21-/m0/s1. The van der Waals surface area contributed by atoms with Gasteiger partial charge in [0.2, 0.25) is 5.91 Å². The molecule has 148 valence electrons. The molecular weight excluding hydrogens is 450 g/mol. The Labute approximate surface area is 182 Å². The van der Waals surface area contributed by atoms with E-state index in [1.165, 1.54) is 16.0 Å². The van der Waals surface area contributed by atoms with Crippen molar-refractivity contribution < 1.29 is 14.7 Å². The number of β-lactam (4-membered cyclic amide) rings is 1. The number of carbonyl (C=O) groups is 2. The largest absolute Gasteiger partial charge is 0.477 e. The molecule has 6 heteroatoms. The third-order valence-corrected chi connectivity index (χ3v) is 9.45. The molecule has 2 aromatic carbocycles. The van der Waals surface area contributed by atoms with Crippen LogP contribution in [0, 0.1) is 5.92 Å². The number of benzene rings is 2. The average molecular weight is 470 g/mol. The molecule has 1 saturated carbocycles. The second-order valence-corrected chi connectivity index (χ2v) is 10.2. The molecule has 0 spiro atoms. The van der Waals surface area contributed by atoms with E-state index in [0.29, 0.717) is 0 Å². The van der Waals surface area contributed by atoms with Gasteiger partial charge in [-0.3, -0.25) is 9.69 Å². The van der Waals surface area contributed by atoms with Crippen molar-refractivity contribution in [3.63, 3.8) is 0 Å². The summed E-state index contributed by atoms with van der Waals surface area (Å²) >= 11 is 5.17. The number of thioether (sulfide) groups is 1. The van der Waals surface area contributed by atoms with E-state index in [4.69, 9.17) is 0 Å². The van der Waals surface area contributed by atoms with Gasteiger partial charge in [0.1, 0.15) is 15.9 Å². The van der Waals surface area contributed by atoms with Gasteiger partial charge in [-0.1, -0.05) is 76.6 Å². The topological polar surface area (TPSA) is 57.6 Å². The third kappa shape index (κ3) is 2.65. The maximum Gasteiger partial charge on any atom is 0.352 e. The first-order valence-corrected chi connectivity index (χ1v) is 11.5. The minimum absolute atomic E-state index is 0.0518. The fourth-order valence-corrected chi connectivity index (χ4v) is 7.55. The van der Waals surface area contributed by atoms with Gasteiger partial charge in [0.25, 0.3) is 0 Å². The summed E-state index contributed by atoms with van der Waals surface area (Å²) in [6, 6.07) is 21.0. The van der Waals surface area contributed by atoms with Crippen molar-refractivity contribution in [1.29, 1.82) is 0 Å². The number of carbonyl (C=O) groups excluding carboxylic acids is 1. The van der Waals surface area contributed by atoms with Crippen LogP contribution in [-0.2, 0) is 15.0 Å². The lowest BCUT2D eigenvalue weighted by molar-refractivity contribution is -0.145. The fraction of sp³-hybridized carbons (Fsp3) is 0.304. The Morgan fingerprint density at radius 2 is 1.66 bits per heavy atom. The van der Waals surface area contributed by atoms with E-state index >= 15 is 0 Å². The van der Waals surface area contributed by atoms with Crippen LogP contribution in [0.2, 0.25) is 0 Å². The van der Waals surface area contributed by atoms with Crippen LogP contribution in [0.1, 0.15) is 24.5 Å². The van der Waals surface area contributed by atoms with Crippen LogP contribution >= 0.6 is 27.7 Å². The summed E-state index contributed by atoms with van der Waals surface area (Å²) in [5.74, 6) is -0.897. The minimum atomic E-state index is -1.02. The van der Waals surface area contributed by atoms with Crippen LogP contribution in [0.3, 0.4) is 0 Å². The molecule has 5 rings (SSSR count). The molecule has 4 atom stereocenters. The van der Waals surface area contributed by atoms with Gasteiger partial charge in [-0.15, -0.1) is 11.8 Å². The predicted octanol–water partition coefficient (Wildman–Crippen LogP) is 4.40. The Kier molecular flexibility index (Phi) is 4.40. The van der Waals surface area contributed by atoms with Crippen molar-refractivity contribution in [3.05, 3.63) is 83.1 Å². The highest BCUT2D eigenvalue weighted by molar-refractivity contribution is 9.10. The Morgan fingerprint density at radius 1 is 1.10 bits per heavy atom. The number of hydrogen-bond acceptors (Lipinski definition) is 3. The van der Waals surface area contributed by atoms with Crippen LogP contribution in [0.25, 0.3) is 0 Å². The lowest BCUT2D eigenvalue weighted by atomic mass is 9.84. The Bertz CT molecular complexity index is 983. The van der Waals surface area contributed by atoms with Crippen LogP contribution in [0.4, 0.5) is 0 Å². The van der Waals surface area contributed by atoms with Crippen LogP contribution in [0.15, 0.2) is 71.9 Å². The number of rotatable bonds is 4. The molecule has 1 amide bonds. The van der Waals surface area contributed by atoms with Gasteiger partial charge in [-0.05, 0) is 36.0 Å². The van der Waals surface area contributed by atoms with Gasteiger partial charge in [0.05, 0.1) is 0 Å². The lowest BCUT2D eigenvalue weighted by Gasteiger charge is -2.49. The van der Waals surface area contributed by atoms with E-state index in [0.717, 1.165) is 12.0 Å². The second kappa shape index (κ2) is 6.74. The van der Waals surface area contributed by atoms with E-state index in [9.17, 15) is 14.7 Å². The molecule has 0 radical (unpaired) electrons. The zero-order valence-electron chi connectivity index (χ0n) is 15.8. The maximum atomic E-state index is 12.3. The van der Waals surface area contributed by atoms with E-state index in [2.05, 4.69) is 64.5 Å². The van der Waals surface area contributed by atoms with Gasteiger partial charge >= 0.3 is 5.97 Å². The van der Waals surface area contributed by atoms with Gasteiger partial charge in [-0.25, -0.2) is 4.79 Å². The number of halogens is 1. The smallest absolute Gasteiger partial charge is 0.352 e. The van der Waals surface area contributed by atoms with Gasteiger partial charge in [-0.2, -0.15) is 0 Å². The quantitative estimate of drug-likeness (QED) is 0.532. The number of alkyl halides is 1. The normalized spacial score (nSPS) is 29.9. The SMILES string of the molecule is CC1=C(C(=O)O)N2C(=O)[C@H](Br)[C@@H]2SC1C1CC1(c1ccccc1)c1ccccc1. The average Bonchev–Trinajstić information content (AvgIpc) is 3.50. The van der Waals surface area contributed by atoms with E-state index in [1.807, 2.05) is 19.1 Å². The first-order chi connectivity index (χ1) is 14.0. The molecule has 0 aromatic heterocycles. The number of carboxylic acids is 1.